The molecule has 11 nitrogen and oxygen atoms in total. The summed E-state index contributed by atoms with van der Waals surface area (Å²) in [4.78, 5) is 19.1. The van der Waals surface area contributed by atoms with Crippen molar-refractivity contribution in [2.24, 2.45) is 5.14 Å². The number of carboxylic acid groups (broad SMARTS) is 2. The lowest BCUT2D eigenvalue weighted by molar-refractivity contribution is -0.134. The first-order chi connectivity index (χ1) is 15.3. The molecular weight excluding hydrogens is 496 g/mol. The average molecular weight is 521 g/mol. The van der Waals surface area contributed by atoms with E-state index < -0.39 is 31.8 Å². The Labute approximate surface area is 195 Å². The Bertz CT molecular complexity index is 1170. The van der Waals surface area contributed by atoms with E-state index in [2.05, 4.69) is 5.32 Å². The normalized spacial score (nSPS) is 12.7. The molecule has 1 aromatic carbocycles. The third-order valence-electron chi connectivity index (χ3n) is 3.93. The van der Waals surface area contributed by atoms with Gasteiger partial charge in [-0.25, -0.2) is 31.6 Å². The molecule has 182 valence electrons. The fourth-order valence-electron chi connectivity index (χ4n) is 2.48. The zero-order chi connectivity index (χ0) is 25.2. The SMILES string of the molecule is CCNC(CCS(=O)(=O)c1ccc(S(N)(=O)=O)s1)c1ccc(O)cc1.O=C(O)/C=C\C(=O)O. The predicted molar refractivity (Wildman–Crippen MR) is 121 cm³/mol. The molecule has 1 atom stereocenters. The maximum Gasteiger partial charge on any atom is 0.328 e. The van der Waals surface area contributed by atoms with Crippen LogP contribution < -0.4 is 10.5 Å². The first-order valence-electron chi connectivity index (χ1n) is 9.28. The highest BCUT2D eigenvalue weighted by Crippen LogP contribution is 2.28. The van der Waals surface area contributed by atoms with Crippen molar-refractivity contribution in [3.05, 3.63) is 54.1 Å². The van der Waals surface area contributed by atoms with Crippen LogP contribution in [-0.2, 0) is 29.4 Å². The smallest absolute Gasteiger partial charge is 0.328 e. The molecule has 0 aliphatic rings. The minimum Gasteiger partial charge on any atom is -0.508 e. The molecule has 2 aromatic rings. The van der Waals surface area contributed by atoms with Gasteiger partial charge >= 0.3 is 11.9 Å². The monoisotopic (exact) mass is 520 g/mol. The summed E-state index contributed by atoms with van der Waals surface area (Å²) in [5.74, 6) is -2.52. The number of phenolic OH excluding ortho intramolecular Hbond substituents is 1. The van der Waals surface area contributed by atoms with Crippen LogP contribution in [0.4, 0.5) is 0 Å². The Balaban J connectivity index is 0.000000582. The fraction of sp³-hybridized carbons (Fsp3) is 0.263. The number of rotatable bonds is 10. The first kappa shape index (κ1) is 28.3. The number of nitrogens with one attached hydrogen (secondary N) is 1. The van der Waals surface area contributed by atoms with Crippen LogP contribution in [0.5, 0.6) is 5.75 Å². The lowest BCUT2D eigenvalue weighted by atomic mass is 10.0. The molecule has 0 saturated heterocycles. The summed E-state index contributed by atoms with van der Waals surface area (Å²) in [5.41, 5.74) is 0.867. The quantitative estimate of drug-likeness (QED) is 0.284. The standard InChI is InChI=1S/C15H20N2O5S3.C4H4O4/c1-2-17-13(11-3-5-12(18)6-4-11)9-10-24(19,20)14-7-8-15(23-14)25(16,21)22;5-3(6)1-2-4(7)8/h3-8,13,17-18H,2,9-10H2,1H3,(H2,16,21,22);1-2H,(H,5,6)(H,7,8)/b;2-1-. The van der Waals surface area contributed by atoms with Crippen LogP contribution in [0.25, 0.3) is 0 Å². The number of carbonyl (C=O) groups is 2. The number of benzene rings is 1. The molecule has 0 aliphatic heterocycles. The Morgan fingerprint density at radius 1 is 1.00 bits per heavy atom. The molecule has 0 bridgehead atoms. The molecule has 6 N–H and O–H groups in total. The van der Waals surface area contributed by atoms with Gasteiger partial charge in [-0.2, -0.15) is 0 Å². The summed E-state index contributed by atoms with van der Waals surface area (Å²) in [6.07, 6.45) is 1.42. The van der Waals surface area contributed by atoms with E-state index in [1.54, 1.807) is 24.3 Å². The molecule has 14 heteroatoms. The number of aliphatic carboxylic acids is 2. The van der Waals surface area contributed by atoms with Gasteiger partial charge in [0.25, 0.3) is 0 Å². The van der Waals surface area contributed by atoms with Gasteiger partial charge in [0.1, 0.15) is 14.2 Å². The Hall–Kier alpha value is -2.78. The maximum absolute atomic E-state index is 12.5. The average Bonchev–Trinajstić information content (AvgIpc) is 3.23. The van der Waals surface area contributed by atoms with E-state index >= 15 is 0 Å². The number of thiophene rings is 1. The second kappa shape index (κ2) is 12.5. The Morgan fingerprint density at radius 2 is 1.52 bits per heavy atom. The van der Waals surface area contributed by atoms with Crippen molar-refractivity contribution in [3.63, 3.8) is 0 Å². The lowest BCUT2D eigenvalue weighted by Gasteiger charge is -2.18. The summed E-state index contributed by atoms with van der Waals surface area (Å²) in [6.45, 7) is 2.57. The summed E-state index contributed by atoms with van der Waals surface area (Å²) in [6, 6.07) is 8.84. The van der Waals surface area contributed by atoms with Gasteiger partial charge < -0.3 is 20.6 Å². The van der Waals surface area contributed by atoms with Gasteiger partial charge in [-0.15, -0.1) is 11.3 Å². The first-order valence-corrected chi connectivity index (χ1v) is 13.3. The van der Waals surface area contributed by atoms with E-state index in [4.69, 9.17) is 15.4 Å². The summed E-state index contributed by atoms with van der Waals surface area (Å²) in [7, 11) is -7.53. The summed E-state index contributed by atoms with van der Waals surface area (Å²) < 4.78 is 47.4. The number of primary sulfonamides is 1. The summed E-state index contributed by atoms with van der Waals surface area (Å²) >= 11 is 0.655. The van der Waals surface area contributed by atoms with Crippen LogP contribution in [0, 0.1) is 0 Å². The zero-order valence-electron chi connectivity index (χ0n) is 17.4. The highest BCUT2D eigenvalue weighted by Gasteiger charge is 2.22. The number of phenols is 1. The van der Waals surface area contributed by atoms with Crippen molar-refractivity contribution in [1.82, 2.24) is 5.32 Å². The van der Waals surface area contributed by atoms with Crippen molar-refractivity contribution < 1.29 is 41.7 Å². The lowest BCUT2D eigenvalue weighted by Crippen LogP contribution is -2.23. The number of nitrogens with two attached hydrogens (primary N) is 1. The van der Waals surface area contributed by atoms with Gasteiger partial charge in [-0.05, 0) is 42.8 Å². The molecule has 0 aliphatic carbocycles. The van der Waals surface area contributed by atoms with Gasteiger partial charge in [-0.3, -0.25) is 0 Å². The summed E-state index contributed by atoms with van der Waals surface area (Å²) in [5, 5.41) is 33.2. The molecular formula is C19H24N2O9S3. The van der Waals surface area contributed by atoms with Crippen molar-refractivity contribution in [1.29, 1.82) is 0 Å². The van der Waals surface area contributed by atoms with Gasteiger partial charge in [0.05, 0.1) is 5.75 Å². The molecule has 1 unspecified atom stereocenters. The highest BCUT2D eigenvalue weighted by molar-refractivity contribution is 7.95. The topological polar surface area (TPSA) is 201 Å². The van der Waals surface area contributed by atoms with E-state index in [1.165, 1.54) is 12.1 Å². The number of sulfone groups is 1. The third kappa shape index (κ3) is 10.1. The van der Waals surface area contributed by atoms with Crippen molar-refractivity contribution in [3.8, 4) is 5.75 Å². The van der Waals surface area contributed by atoms with Crippen molar-refractivity contribution >= 4 is 43.1 Å². The van der Waals surface area contributed by atoms with E-state index in [0.29, 0.717) is 36.5 Å². The molecule has 2 rings (SSSR count). The number of hydrogen-bond acceptors (Lipinski definition) is 9. The number of sulfonamides is 1. The van der Waals surface area contributed by atoms with Crippen LogP contribution in [0.1, 0.15) is 24.9 Å². The molecule has 0 spiro atoms. The van der Waals surface area contributed by atoms with Crippen LogP contribution >= 0.6 is 11.3 Å². The number of carboxylic acids is 2. The molecule has 0 amide bonds. The van der Waals surface area contributed by atoms with Crippen LogP contribution in [0.3, 0.4) is 0 Å². The molecule has 0 saturated carbocycles. The number of aromatic hydroxyl groups is 1. The predicted octanol–water partition coefficient (Wildman–Crippen LogP) is 1.33. The molecule has 1 aromatic heterocycles. The largest absolute Gasteiger partial charge is 0.508 e. The van der Waals surface area contributed by atoms with Crippen molar-refractivity contribution in [2.75, 3.05) is 12.3 Å². The highest BCUT2D eigenvalue weighted by atomic mass is 32.3. The Morgan fingerprint density at radius 3 is 1.94 bits per heavy atom. The van der Waals surface area contributed by atoms with E-state index in [-0.39, 0.29) is 26.0 Å². The fourth-order valence-corrected chi connectivity index (χ4v) is 6.15. The van der Waals surface area contributed by atoms with Crippen LogP contribution in [0.2, 0.25) is 0 Å². The second-order valence-electron chi connectivity index (χ2n) is 6.44. The third-order valence-corrected chi connectivity index (χ3v) is 8.79. The maximum atomic E-state index is 12.5. The van der Waals surface area contributed by atoms with Crippen LogP contribution in [0.15, 0.2) is 57.0 Å². The molecule has 0 fully saturated rings. The van der Waals surface area contributed by atoms with Crippen LogP contribution in [-0.4, -0.2) is 56.4 Å². The van der Waals surface area contributed by atoms with E-state index in [1.807, 2.05) is 6.92 Å². The van der Waals surface area contributed by atoms with Crippen molar-refractivity contribution in [2.45, 2.75) is 27.8 Å². The van der Waals surface area contributed by atoms with Gasteiger partial charge in [0.15, 0.2) is 9.84 Å². The van der Waals surface area contributed by atoms with Gasteiger partial charge in [-0.1, -0.05) is 19.1 Å². The Kier molecular flexibility index (Phi) is 10.7. The minimum atomic E-state index is -3.91. The molecule has 1 heterocycles. The molecule has 0 radical (unpaired) electrons. The molecule has 33 heavy (non-hydrogen) atoms. The van der Waals surface area contributed by atoms with Gasteiger partial charge in [0.2, 0.25) is 10.0 Å². The van der Waals surface area contributed by atoms with E-state index in [0.717, 1.165) is 5.56 Å². The zero-order valence-corrected chi connectivity index (χ0v) is 19.9. The van der Waals surface area contributed by atoms with Gasteiger partial charge in [0, 0.05) is 18.2 Å². The van der Waals surface area contributed by atoms with E-state index in [9.17, 15) is 31.5 Å². The number of hydrogen-bond donors (Lipinski definition) is 5. The second-order valence-corrected chi connectivity index (χ2v) is 11.6. The minimum absolute atomic E-state index is 0.0162.